The van der Waals surface area contributed by atoms with Crippen LogP contribution in [0.5, 0.6) is 0 Å². The Morgan fingerprint density at radius 3 is 2.42 bits per heavy atom. The summed E-state index contributed by atoms with van der Waals surface area (Å²) in [6, 6.07) is 8.97. The van der Waals surface area contributed by atoms with E-state index in [0.717, 1.165) is 15.9 Å². The lowest BCUT2D eigenvalue weighted by atomic mass is 10.0. The molecule has 0 bridgehead atoms. The van der Waals surface area contributed by atoms with Crippen molar-refractivity contribution in [3.63, 3.8) is 0 Å². The van der Waals surface area contributed by atoms with Gasteiger partial charge in [0.25, 0.3) is 0 Å². The minimum Gasteiger partial charge on any atom is -0.377 e. The molecule has 3 heteroatoms. The molecule has 1 atom stereocenters. The Hall–Kier alpha value is -1.35. The third kappa shape index (κ3) is 3.35. The Bertz CT molecular complexity index is 593. The molecule has 1 N–H and O–H groups in total. The van der Waals surface area contributed by atoms with Crippen molar-refractivity contribution in [1.29, 1.82) is 0 Å². The number of hydrogen-bond acceptors (Lipinski definition) is 2. The van der Waals surface area contributed by atoms with Gasteiger partial charge in [-0.25, -0.2) is 4.98 Å². The Morgan fingerprint density at radius 2 is 1.79 bits per heavy atom. The standard InChI is InChI=1S/C16H19BrN2/c1-10-5-6-14(7-11(10)2)13(4)19-15-8-12(3)16(17)18-9-15/h5-9,13,19H,1-4H3. The summed E-state index contributed by atoms with van der Waals surface area (Å²) in [5.74, 6) is 0. The predicted octanol–water partition coefficient (Wildman–Crippen LogP) is 4.94. The van der Waals surface area contributed by atoms with Crippen LogP contribution in [0.15, 0.2) is 35.1 Å². The minimum atomic E-state index is 0.265. The van der Waals surface area contributed by atoms with E-state index in [1.807, 2.05) is 13.1 Å². The van der Waals surface area contributed by atoms with Crippen LogP contribution in [0.1, 0.15) is 35.2 Å². The van der Waals surface area contributed by atoms with Crippen LogP contribution in [-0.4, -0.2) is 4.98 Å². The SMILES string of the molecule is Cc1ccc(C(C)Nc2cnc(Br)c(C)c2)cc1C. The van der Waals surface area contributed by atoms with Crippen molar-refractivity contribution in [2.75, 3.05) is 5.32 Å². The Morgan fingerprint density at radius 1 is 1.05 bits per heavy atom. The van der Waals surface area contributed by atoms with E-state index >= 15 is 0 Å². The molecule has 0 saturated heterocycles. The maximum absolute atomic E-state index is 4.31. The second-order valence-electron chi connectivity index (χ2n) is 5.04. The highest BCUT2D eigenvalue weighted by Gasteiger charge is 2.07. The summed E-state index contributed by atoms with van der Waals surface area (Å²) in [7, 11) is 0. The predicted molar refractivity (Wildman–Crippen MR) is 84.6 cm³/mol. The van der Waals surface area contributed by atoms with Crippen molar-refractivity contribution in [2.24, 2.45) is 0 Å². The van der Waals surface area contributed by atoms with Crippen LogP contribution in [0.25, 0.3) is 0 Å². The van der Waals surface area contributed by atoms with E-state index < -0.39 is 0 Å². The van der Waals surface area contributed by atoms with Crippen LogP contribution in [0.2, 0.25) is 0 Å². The first-order valence-electron chi connectivity index (χ1n) is 6.43. The molecule has 0 aliphatic heterocycles. The van der Waals surface area contributed by atoms with E-state index in [-0.39, 0.29) is 6.04 Å². The highest BCUT2D eigenvalue weighted by molar-refractivity contribution is 9.10. The van der Waals surface area contributed by atoms with Gasteiger partial charge >= 0.3 is 0 Å². The molecule has 0 aliphatic rings. The van der Waals surface area contributed by atoms with Gasteiger partial charge in [0.2, 0.25) is 0 Å². The van der Waals surface area contributed by atoms with E-state index in [1.54, 1.807) is 0 Å². The van der Waals surface area contributed by atoms with Crippen LogP contribution < -0.4 is 5.32 Å². The van der Waals surface area contributed by atoms with Crippen LogP contribution >= 0.6 is 15.9 Å². The monoisotopic (exact) mass is 318 g/mol. The third-order valence-electron chi connectivity index (χ3n) is 3.43. The van der Waals surface area contributed by atoms with Crippen LogP contribution in [0.4, 0.5) is 5.69 Å². The average molecular weight is 319 g/mol. The summed E-state index contributed by atoms with van der Waals surface area (Å²) in [5, 5.41) is 3.49. The summed E-state index contributed by atoms with van der Waals surface area (Å²) >= 11 is 3.42. The number of rotatable bonds is 3. The number of halogens is 1. The lowest BCUT2D eigenvalue weighted by Crippen LogP contribution is -2.07. The van der Waals surface area contributed by atoms with Crippen molar-refractivity contribution < 1.29 is 0 Å². The molecule has 1 aromatic heterocycles. The molecular formula is C16H19BrN2. The molecule has 0 saturated carbocycles. The summed E-state index contributed by atoms with van der Waals surface area (Å²) < 4.78 is 0.900. The smallest absolute Gasteiger partial charge is 0.109 e. The molecule has 1 heterocycles. The summed E-state index contributed by atoms with van der Waals surface area (Å²) in [5.41, 5.74) is 6.14. The molecular weight excluding hydrogens is 300 g/mol. The number of aromatic nitrogens is 1. The number of hydrogen-bond donors (Lipinski definition) is 1. The Labute approximate surface area is 123 Å². The summed E-state index contributed by atoms with van der Waals surface area (Å²) in [6.07, 6.45) is 1.86. The van der Waals surface area contributed by atoms with Crippen molar-refractivity contribution >= 4 is 21.6 Å². The van der Waals surface area contributed by atoms with E-state index in [2.05, 4.69) is 71.3 Å². The second kappa shape index (κ2) is 5.74. The number of pyridine rings is 1. The van der Waals surface area contributed by atoms with Crippen molar-refractivity contribution in [2.45, 2.75) is 33.7 Å². The van der Waals surface area contributed by atoms with E-state index in [1.165, 1.54) is 16.7 Å². The number of nitrogens with one attached hydrogen (secondary N) is 1. The summed E-state index contributed by atoms with van der Waals surface area (Å²) in [6.45, 7) is 8.50. The number of anilines is 1. The second-order valence-corrected chi connectivity index (χ2v) is 5.79. The topological polar surface area (TPSA) is 24.9 Å². The molecule has 0 aliphatic carbocycles. The quantitative estimate of drug-likeness (QED) is 0.810. The third-order valence-corrected chi connectivity index (χ3v) is 4.26. The highest BCUT2D eigenvalue weighted by atomic mass is 79.9. The fourth-order valence-corrected chi connectivity index (χ4v) is 2.22. The zero-order chi connectivity index (χ0) is 14.0. The van der Waals surface area contributed by atoms with Gasteiger partial charge in [-0.15, -0.1) is 0 Å². The van der Waals surface area contributed by atoms with Gasteiger partial charge in [-0.05, 0) is 71.9 Å². The van der Waals surface area contributed by atoms with Crippen molar-refractivity contribution in [1.82, 2.24) is 4.98 Å². The van der Waals surface area contributed by atoms with Gasteiger partial charge in [0.15, 0.2) is 0 Å². The van der Waals surface area contributed by atoms with Crippen molar-refractivity contribution in [3.05, 3.63) is 57.3 Å². The first kappa shape index (κ1) is 14.1. The van der Waals surface area contributed by atoms with Crippen LogP contribution in [0, 0.1) is 20.8 Å². The molecule has 0 radical (unpaired) electrons. The molecule has 100 valence electrons. The molecule has 0 fully saturated rings. The fraction of sp³-hybridized carbons (Fsp3) is 0.312. The maximum atomic E-state index is 4.31. The molecule has 1 unspecified atom stereocenters. The van der Waals surface area contributed by atoms with Crippen LogP contribution in [-0.2, 0) is 0 Å². The van der Waals surface area contributed by atoms with Gasteiger partial charge in [-0.3, -0.25) is 0 Å². The van der Waals surface area contributed by atoms with E-state index in [0.29, 0.717) is 0 Å². The molecule has 2 aromatic rings. The highest BCUT2D eigenvalue weighted by Crippen LogP contribution is 2.23. The Balaban J connectivity index is 2.17. The van der Waals surface area contributed by atoms with Gasteiger partial charge < -0.3 is 5.32 Å². The van der Waals surface area contributed by atoms with E-state index in [4.69, 9.17) is 0 Å². The lowest BCUT2D eigenvalue weighted by molar-refractivity contribution is 0.879. The van der Waals surface area contributed by atoms with Crippen molar-refractivity contribution in [3.8, 4) is 0 Å². The van der Waals surface area contributed by atoms with Gasteiger partial charge in [-0.2, -0.15) is 0 Å². The minimum absolute atomic E-state index is 0.265. The fourth-order valence-electron chi connectivity index (χ4n) is 2.00. The van der Waals surface area contributed by atoms with Gasteiger partial charge in [0.1, 0.15) is 4.60 Å². The molecule has 1 aromatic carbocycles. The molecule has 19 heavy (non-hydrogen) atoms. The molecule has 2 nitrogen and oxygen atoms in total. The average Bonchev–Trinajstić information content (AvgIpc) is 2.37. The molecule has 2 rings (SSSR count). The van der Waals surface area contributed by atoms with Gasteiger partial charge in [0, 0.05) is 6.04 Å². The normalized spacial score (nSPS) is 12.3. The number of aryl methyl sites for hydroxylation is 3. The Kier molecular flexibility index (Phi) is 4.25. The van der Waals surface area contributed by atoms with Gasteiger partial charge in [0.05, 0.1) is 11.9 Å². The number of nitrogens with zero attached hydrogens (tertiary/aromatic N) is 1. The molecule has 0 amide bonds. The number of benzene rings is 1. The first-order valence-corrected chi connectivity index (χ1v) is 7.22. The zero-order valence-electron chi connectivity index (χ0n) is 11.8. The first-order chi connectivity index (χ1) is 8.97. The van der Waals surface area contributed by atoms with Crippen LogP contribution in [0.3, 0.4) is 0 Å². The largest absolute Gasteiger partial charge is 0.377 e. The lowest BCUT2D eigenvalue weighted by Gasteiger charge is -2.17. The zero-order valence-corrected chi connectivity index (χ0v) is 13.4. The molecule has 0 spiro atoms. The van der Waals surface area contributed by atoms with E-state index in [9.17, 15) is 0 Å². The maximum Gasteiger partial charge on any atom is 0.109 e. The van der Waals surface area contributed by atoms with Gasteiger partial charge in [-0.1, -0.05) is 18.2 Å². The summed E-state index contributed by atoms with van der Waals surface area (Å²) in [4.78, 5) is 4.31.